The SMILES string of the molecule is C1CCCCC1.CC/C=C(\CNC(=O)CC(C)(C)C)N(C)C(CC)C(=O)OC.OCCOCc1ccccc1. The fourth-order valence-corrected chi connectivity index (χ4v) is 4.13. The van der Waals surface area contributed by atoms with Gasteiger partial charge >= 0.3 is 5.97 Å². The highest BCUT2D eigenvalue weighted by Crippen LogP contribution is 2.18. The third-order valence-electron chi connectivity index (χ3n) is 6.22. The number of ether oxygens (including phenoxy) is 2. The molecule has 1 aliphatic carbocycles. The second kappa shape index (κ2) is 22.4. The van der Waals surface area contributed by atoms with Crippen molar-refractivity contribution in [1.82, 2.24) is 10.2 Å². The summed E-state index contributed by atoms with van der Waals surface area (Å²) in [5.41, 5.74) is 2.03. The quantitative estimate of drug-likeness (QED) is 0.237. The van der Waals surface area contributed by atoms with E-state index in [-0.39, 0.29) is 29.9 Å². The summed E-state index contributed by atoms with van der Waals surface area (Å²) in [4.78, 5) is 25.7. The molecule has 1 aliphatic rings. The molecule has 0 saturated heterocycles. The van der Waals surface area contributed by atoms with Crippen LogP contribution in [-0.2, 0) is 25.7 Å². The third-order valence-corrected chi connectivity index (χ3v) is 6.22. The number of amides is 1. The van der Waals surface area contributed by atoms with Crippen LogP contribution < -0.4 is 5.32 Å². The molecule has 2 rings (SSSR count). The van der Waals surface area contributed by atoms with E-state index in [1.165, 1.54) is 45.6 Å². The van der Waals surface area contributed by atoms with Crippen molar-refractivity contribution >= 4 is 11.9 Å². The molecule has 1 atom stereocenters. The van der Waals surface area contributed by atoms with Crippen LogP contribution in [0.25, 0.3) is 0 Å². The lowest BCUT2D eigenvalue weighted by Crippen LogP contribution is -2.41. The van der Waals surface area contributed by atoms with Gasteiger partial charge in [-0.25, -0.2) is 4.79 Å². The van der Waals surface area contributed by atoms with E-state index in [0.717, 1.165) is 17.7 Å². The Morgan fingerprint density at radius 1 is 1.05 bits per heavy atom. The summed E-state index contributed by atoms with van der Waals surface area (Å²) in [5, 5.41) is 11.4. The van der Waals surface area contributed by atoms with E-state index in [1.807, 2.05) is 83.0 Å². The number of methoxy groups -OCH3 is 1. The summed E-state index contributed by atoms with van der Waals surface area (Å²) in [6, 6.07) is 9.57. The summed E-state index contributed by atoms with van der Waals surface area (Å²) >= 11 is 0. The van der Waals surface area contributed by atoms with E-state index < -0.39 is 0 Å². The van der Waals surface area contributed by atoms with Crippen molar-refractivity contribution in [2.24, 2.45) is 5.41 Å². The van der Waals surface area contributed by atoms with E-state index in [2.05, 4.69) is 5.32 Å². The van der Waals surface area contributed by atoms with E-state index in [1.54, 1.807) is 0 Å². The fraction of sp³-hybridized carbons (Fsp3) is 0.688. The van der Waals surface area contributed by atoms with E-state index in [4.69, 9.17) is 14.6 Å². The highest BCUT2D eigenvalue weighted by atomic mass is 16.5. The van der Waals surface area contributed by atoms with Gasteiger partial charge in [0.25, 0.3) is 0 Å². The maximum Gasteiger partial charge on any atom is 0.328 e. The summed E-state index contributed by atoms with van der Waals surface area (Å²) in [6.45, 7) is 11.6. The fourth-order valence-electron chi connectivity index (χ4n) is 4.13. The second-order valence-corrected chi connectivity index (χ2v) is 11.1. The minimum absolute atomic E-state index is 0.0222. The van der Waals surface area contributed by atoms with Crippen molar-refractivity contribution in [3.05, 3.63) is 47.7 Å². The Labute approximate surface area is 238 Å². The molecule has 1 unspecified atom stereocenters. The Bertz CT molecular complexity index is 774. The monoisotopic (exact) mass is 548 g/mol. The number of hydrogen-bond donors (Lipinski definition) is 2. The molecule has 1 fully saturated rings. The lowest BCUT2D eigenvalue weighted by molar-refractivity contribution is -0.145. The number of rotatable bonds is 12. The van der Waals surface area contributed by atoms with Crippen molar-refractivity contribution in [3.63, 3.8) is 0 Å². The molecule has 0 heterocycles. The van der Waals surface area contributed by atoms with Crippen LogP contribution in [0.4, 0.5) is 0 Å². The molecule has 0 bridgehead atoms. The molecule has 39 heavy (non-hydrogen) atoms. The van der Waals surface area contributed by atoms with Gasteiger partial charge in [0.1, 0.15) is 6.04 Å². The molecule has 1 saturated carbocycles. The first-order valence-corrected chi connectivity index (χ1v) is 14.6. The molecule has 0 aliphatic heterocycles. The Morgan fingerprint density at radius 3 is 2.05 bits per heavy atom. The Hall–Kier alpha value is -2.38. The van der Waals surface area contributed by atoms with Crippen LogP contribution in [0, 0.1) is 5.41 Å². The summed E-state index contributed by atoms with van der Waals surface area (Å²) in [7, 11) is 3.26. The number of nitrogens with zero attached hydrogens (tertiary/aromatic N) is 1. The first-order valence-electron chi connectivity index (χ1n) is 14.6. The smallest absolute Gasteiger partial charge is 0.328 e. The highest BCUT2D eigenvalue weighted by molar-refractivity contribution is 5.77. The summed E-state index contributed by atoms with van der Waals surface area (Å²) in [6.07, 6.45) is 13.0. The van der Waals surface area contributed by atoms with Gasteiger partial charge in [-0.15, -0.1) is 0 Å². The van der Waals surface area contributed by atoms with Crippen LogP contribution >= 0.6 is 0 Å². The van der Waals surface area contributed by atoms with Crippen LogP contribution in [-0.4, -0.2) is 61.8 Å². The Morgan fingerprint density at radius 2 is 1.62 bits per heavy atom. The first kappa shape index (κ1) is 36.6. The average molecular weight is 549 g/mol. The standard InChI is InChI=1S/C17H32N2O3.C9H12O2.C6H12/c1-8-10-13(12-18-15(20)11-17(3,4)5)19(6)14(9-2)16(21)22-7;10-6-7-11-8-9-4-2-1-3-5-9;1-2-4-6-5-3-1/h10,14H,8-9,11-12H2,1-7H3,(H,18,20);1-5,10H,6-8H2;1-6H2/b13-10+;;. The number of nitrogens with one attached hydrogen (secondary N) is 1. The normalized spacial score (nSPS) is 14.1. The number of likely N-dealkylation sites (N-methyl/N-ethyl adjacent to an activating group) is 1. The van der Waals surface area contributed by atoms with Crippen molar-refractivity contribution in [3.8, 4) is 0 Å². The van der Waals surface area contributed by atoms with Crippen molar-refractivity contribution in [1.29, 1.82) is 0 Å². The van der Waals surface area contributed by atoms with E-state index >= 15 is 0 Å². The molecule has 7 heteroatoms. The minimum atomic E-state index is -0.331. The number of hydrogen-bond acceptors (Lipinski definition) is 6. The number of benzene rings is 1. The predicted octanol–water partition coefficient (Wildman–Crippen LogP) is 6.25. The van der Waals surface area contributed by atoms with Gasteiger partial charge in [0, 0.05) is 19.2 Å². The van der Waals surface area contributed by atoms with Crippen LogP contribution in [0.5, 0.6) is 0 Å². The predicted molar refractivity (Wildman–Crippen MR) is 160 cm³/mol. The van der Waals surface area contributed by atoms with Gasteiger partial charge in [-0.2, -0.15) is 0 Å². The molecule has 0 aromatic heterocycles. The average Bonchev–Trinajstić information content (AvgIpc) is 2.92. The van der Waals surface area contributed by atoms with Crippen molar-refractivity contribution in [2.45, 2.75) is 105 Å². The van der Waals surface area contributed by atoms with Crippen molar-refractivity contribution < 1.29 is 24.2 Å². The molecule has 0 radical (unpaired) electrons. The summed E-state index contributed by atoms with van der Waals surface area (Å²) < 4.78 is 9.97. The van der Waals surface area contributed by atoms with Crippen LogP contribution in [0.1, 0.15) is 98.0 Å². The van der Waals surface area contributed by atoms with Crippen LogP contribution in [0.2, 0.25) is 0 Å². The number of carbonyl (C=O) groups excluding carboxylic acids is 2. The molecular weight excluding hydrogens is 492 g/mol. The second-order valence-electron chi connectivity index (χ2n) is 11.1. The number of aliphatic hydroxyl groups excluding tert-OH is 1. The maximum atomic E-state index is 12.0. The molecule has 7 nitrogen and oxygen atoms in total. The molecule has 2 N–H and O–H groups in total. The number of esters is 1. The molecular formula is C32H56N2O5. The van der Waals surface area contributed by atoms with Gasteiger partial charge < -0.3 is 24.8 Å². The third kappa shape index (κ3) is 19.3. The molecule has 224 valence electrons. The minimum Gasteiger partial charge on any atom is -0.467 e. The first-order chi connectivity index (χ1) is 18.6. The lowest BCUT2D eigenvalue weighted by Gasteiger charge is -2.30. The van der Waals surface area contributed by atoms with Crippen LogP contribution in [0.3, 0.4) is 0 Å². The van der Waals surface area contributed by atoms with E-state index in [9.17, 15) is 9.59 Å². The largest absolute Gasteiger partial charge is 0.467 e. The molecule has 0 spiro atoms. The molecule has 1 aromatic carbocycles. The van der Waals surface area contributed by atoms with Gasteiger partial charge in [-0.3, -0.25) is 4.79 Å². The topological polar surface area (TPSA) is 88.1 Å². The van der Waals surface area contributed by atoms with Gasteiger partial charge in [0.05, 0.1) is 33.5 Å². The zero-order chi connectivity index (χ0) is 29.5. The van der Waals surface area contributed by atoms with Gasteiger partial charge in [-0.05, 0) is 23.8 Å². The lowest BCUT2D eigenvalue weighted by atomic mass is 9.92. The highest BCUT2D eigenvalue weighted by Gasteiger charge is 2.24. The zero-order valence-corrected chi connectivity index (χ0v) is 25.8. The van der Waals surface area contributed by atoms with Crippen LogP contribution in [0.15, 0.2) is 42.1 Å². The number of aliphatic hydroxyl groups is 1. The maximum absolute atomic E-state index is 12.0. The van der Waals surface area contributed by atoms with E-state index in [0.29, 0.717) is 32.6 Å². The number of carbonyl (C=O) groups is 2. The zero-order valence-electron chi connectivity index (χ0n) is 25.8. The van der Waals surface area contributed by atoms with Gasteiger partial charge in [-0.1, -0.05) is 110 Å². The summed E-state index contributed by atoms with van der Waals surface area (Å²) in [5.74, 6) is -0.234. The van der Waals surface area contributed by atoms with Crippen molar-refractivity contribution in [2.75, 3.05) is 33.9 Å². The Balaban J connectivity index is 0.000000688. The Kier molecular flexibility index (Phi) is 21.1. The number of allylic oxidation sites excluding steroid dienone is 1. The van der Waals surface area contributed by atoms with Gasteiger partial charge in [0.2, 0.25) is 5.91 Å². The molecule has 1 amide bonds. The van der Waals surface area contributed by atoms with Gasteiger partial charge in [0.15, 0.2) is 0 Å². The molecule has 1 aromatic rings.